The fourth-order valence-electron chi connectivity index (χ4n) is 2.92. The monoisotopic (exact) mass is 334 g/mol. The highest BCUT2D eigenvalue weighted by Crippen LogP contribution is 2.31. The van der Waals surface area contributed by atoms with Crippen LogP contribution >= 0.6 is 0 Å². The van der Waals surface area contributed by atoms with Crippen LogP contribution in [0.25, 0.3) is 0 Å². The maximum atomic E-state index is 14.0. The molecule has 0 spiro atoms. The van der Waals surface area contributed by atoms with Crippen molar-refractivity contribution in [2.45, 2.75) is 10.9 Å². The van der Waals surface area contributed by atoms with Crippen molar-refractivity contribution >= 4 is 10.0 Å². The van der Waals surface area contributed by atoms with Crippen LogP contribution in [0.4, 0.5) is 4.39 Å². The Balaban J connectivity index is 2.03. The molecule has 0 unspecified atom stereocenters. The fraction of sp³-hybridized carbons (Fsp3) is 0.294. The summed E-state index contributed by atoms with van der Waals surface area (Å²) >= 11 is 0. The first-order chi connectivity index (χ1) is 11.0. The number of benzene rings is 2. The van der Waals surface area contributed by atoms with Crippen molar-refractivity contribution in [2.24, 2.45) is 0 Å². The van der Waals surface area contributed by atoms with Gasteiger partial charge in [0.05, 0.1) is 6.04 Å². The molecule has 0 aromatic heterocycles. The minimum absolute atomic E-state index is 0.259. The minimum Gasteiger partial charge on any atom is -0.303 e. The van der Waals surface area contributed by atoms with Gasteiger partial charge < -0.3 is 4.90 Å². The van der Waals surface area contributed by atoms with Gasteiger partial charge in [-0.25, -0.2) is 12.8 Å². The molecule has 2 aromatic carbocycles. The second-order valence-electron chi connectivity index (χ2n) is 5.73. The van der Waals surface area contributed by atoms with E-state index in [9.17, 15) is 12.8 Å². The molecule has 0 aliphatic carbocycles. The molecule has 6 heteroatoms. The molecule has 1 aliphatic rings. The van der Waals surface area contributed by atoms with E-state index < -0.39 is 15.8 Å². The molecule has 122 valence electrons. The average molecular weight is 334 g/mol. The Hall–Kier alpha value is -1.76. The van der Waals surface area contributed by atoms with Crippen LogP contribution in [0.15, 0.2) is 59.5 Å². The van der Waals surface area contributed by atoms with E-state index in [1.165, 1.54) is 22.5 Å². The highest BCUT2D eigenvalue weighted by atomic mass is 32.2. The molecule has 1 heterocycles. The molecule has 0 saturated carbocycles. The van der Waals surface area contributed by atoms with Gasteiger partial charge >= 0.3 is 0 Å². The van der Waals surface area contributed by atoms with Gasteiger partial charge in [-0.1, -0.05) is 42.5 Å². The first-order valence-electron chi connectivity index (χ1n) is 7.50. The van der Waals surface area contributed by atoms with Crippen LogP contribution in [0.3, 0.4) is 0 Å². The van der Waals surface area contributed by atoms with Crippen LogP contribution in [0.1, 0.15) is 11.6 Å². The number of rotatable bonds is 3. The lowest BCUT2D eigenvalue weighted by atomic mass is 10.1. The Kier molecular flexibility index (Phi) is 4.48. The number of hydrogen-bond acceptors (Lipinski definition) is 3. The number of piperazine rings is 1. The predicted octanol–water partition coefficient (Wildman–Crippen LogP) is 2.50. The van der Waals surface area contributed by atoms with E-state index in [4.69, 9.17) is 0 Å². The minimum atomic E-state index is -3.88. The Morgan fingerprint density at radius 2 is 1.65 bits per heavy atom. The van der Waals surface area contributed by atoms with Gasteiger partial charge in [0.15, 0.2) is 0 Å². The first-order valence-corrected chi connectivity index (χ1v) is 8.94. The lowest BCUT2D eigenvalue weighted by Gasteiger charge is -2.39. The quantitative estimate of drug-likeness (QED) is 0.866. The molecule has 1 aliphatic heterocycles. The molecule has 0 N–H and O–H groups in total. The molecule has 1 atom stereocenters. The third kappa shape index (κ3) is 3.15. The van der Waals surface area contributed by atoms with Gasteiger partial charge in [-0.05, 0) is 24.7 Å². The molecule has 0 amide bonds. The van der Waals surface area contributed by atoms with E-state index in [1.54, 1.807) is 6.07 Å². The molecule has 2 aromatic rings. The smallest absolute Gasteiger partial charge is 0.246 e. The predicted molar refractivity (Wildman–Crippen MR) is 87.0 cm³/mol. The molecule has 0 radical (unpaired) electrons. The molecule has 4 nitrogen and oxygen atoms in total. The Morgan fingerprint density at radius 3 is 2.35 bits per heavy atom. The molecule has 23 heavy (non-hydrogen) atoms. The summed E-state index contributed by atoms with van der Waals surface area (Å²) in [5, 5.41) is 0. The molecular weight excluding hydrogens is 315 g/mol. The van der Waals surface area contributed by atoms with Crippen molar-refractivity contribution in [2.75, 3.05) is 26.7 Å². The van der Waals surface area contributed by atoms with E-state index in [1.807, 2.05) is 37.4 Å². The summed E-state index contributed by atoms with van der Waals surface area (Å²) < 4.78 is 41.4. The Labute approximate surface area is 136 Å². The zero-order chi connectivity index (χ0) is 16.4. The molecule has 1 fully saturated rings. The highest BCUT2D eigenvalue weighted by Gasteiger charge is 2.37. The van der Waals surface area contributed by atoms with Crippen LogP contribution in [-0.4, -0.2) is 44.3 Å². The highest BCUT2D eigenvalue weighted by molar-refractivity contribution is 7.89. The summed E-state index contributed by atoms with van der Waals surface area (Å²) in [6.45, 7) is 1.54. The van der Waals surface area contributed by atoms with Crippen LogP contribution < -0.4 is 0 Å². The average Bonchev–Trinajstić information content (AvgIpc) is 2.55. The van der Waals surface area contributed by atoms with Crippen LogP contribution in [0, 0.1) is 5.82 Å². The fourth-order valence-corrected chi connectivity index (χ4v) is 4.58. The van der Waals surface area contributed by atoms with E-state index in [-0.39, 0.29) is 10.9 Å². The van der Waals surface area contributed by atoms with Gasteiger partial charge in [-0.3, -0.25) is 0 Å². The lowest BCUT2D eigenvalue weighted by Crippen LogP contribution is -2.49. The second kappa shape index (κ2) is 6.39. The Bertz CT molecular complexity index is 780. The number of halogens is 1. The van der Waals surface area contributed by atoms with E-state index in [0.29, 0.717) is 19.6 Å². The van der Waals surface area contributed by atoms with Crippen molar-refractivity contribution in [3.05, 3.63) is 66.0 Å². The van der Waals surface area contributed by atoms with Crippen LogP contribution in [0.2, 0.25) is 0 Å². The number of hydrogen-bond donors (Lipinski definition) is 0. The van der Waals surface area contributed by atoms with Crippen molar-refractivity contribution in [1.82, 2.24) is 9.21 Å². The molecule has 1 saturated heterocycles. The van der Waals surface area contributed by atoms with Gasteiger partial charge in [-0.2, -0.15) is 4.31 Å². The summed E-state index contributed by atoms with van der Waals surface area (Å²) in [5.41, 5.74) is 0.916. The second-order valence-corrected chi connectivity index (χ2v) is 7.59. The standard InChI is InChI=1S/C17H19FN2O2S/c1-19-11-12-20(16(13-19)14-7-3-2-4-8-14)23(21,22)17-10-6-5-9-15(17)18/h2-10,16H,11-13H2,1H3/t16-/m0/s1. The van der Waals surface area contributed by atoms with Crippen molar-refractivity contribution in [1.29, 1.82) is 0 Å². The largest absolute Gasteiger partial charge is 0.303 e. The van der Waals surface area contributed by atoms with E-state index in [2.05, 4.69) is 4.90 Å². The van der Waals surface area contributed by atoms with Gasteiger partial charge in [0, 0.05) is 19.6 Å². The third-order valence-corrected chi connectivity index (χ3v) is 6.08. The topological polar surface area (TPSA) is 40.6 Å². The van der Waals surface area contributed by atoms with Gasteiger partial charge in [-0.15, -0.1) is 0 Å². The van der Waals surface area contributed by atoms with Crippen LogP contribution in [0.5, 0.6) is 0 Å². The van der Waals surface area contributed by atoms with E-state index >= 15 is 0 Å². The summed E-state index contributed by atoms with van der Waals surface area (Å²) in [5.74, 6) is -0.710. The molecular formula is C17H19FN2O2S. The lowest BCUT2D eigenvalue weighted by molar-refractivity contribution is 0.160. The van der Waals surface area contributed by atoms with Crippen molar-refractivity contribution in [3.8, 4) is 0 Å². The summed E-state index contributed by atoms with van der Waals surface area (Å²) in [6, 6.07) is 14.7. The zero-order valence-corrected chi connectivity index (χ0v) is 13.7. The Morgan fingerprint density at radius 1 is 1.00 bits per heavy atom. The maximum Gasteiger partial charge on any atom is 0.246 e. The van der Waals surface area contributed by atoms with Crippen LogP contribution in [-0.2, 0) is 10.0 Å². The number of sulfonamides is 1. The molecule has 3 rings (SSSR count). The maximum absolute atomic E-state index is 14.0. The van der Waals surface area contributed by atoms with E-state index in [0.717, 1.165) is 5.56 Å². The van der Waals surface area contributed by atoms with Gasteiger partial charge in [0.1, 0.15) is 10.7 Å². The third-order valence-electron chi connectivity index (χ3n) is 4.14. The van der Waals surface area contributed by atoms with Crippen molar-refractivity contribution in [3.63, 3.8) is 0 Å². The number of likely N-dealkylation sites (N-methyl/N-ethyl adjacent to an activating group) is 1. The SMILES string of the molecule is CN1CCN(S(=O)(=O)c2ccccc2F)[C@H](c2ccccc2)C1. The summed E-state index contributed by atoms with van der Waals surface area (Å²) in [4.78, 5) is 1.83. The molecule has 0 bridgehead atoms. The normalized spacial score (nSPS) is 20.5. The summed E-state index contributed by atoms with van der Waals surface area (Å²) in [7, 11) is -1.92. The number of nitrogens with zero attached hydrogens (tertiary/aromatic N) is 2. The van der Waals surface area contributed by atoms with Crippen molar-refractivity contribution < 1.29 is 12.8 Å². The first kappa shape index (κ1) is 16.1. The van der Waals surface area contributed by atoms with Gasteiger partial charge in [0.2, 0.25) is 10.0 Å². The zero-order valence-electron chi connectivity index (χ0n) is 12.9. The summed E-state index contributed by atoms with van der Waals surface area (Å²) in [6.07, 6.45) is 0. The van der Waals surface area contributed by atoms with Gasteiger partial charge in [0.25, 0.3) is 0 Å².